The number of morpholine rings is 1. The third kappa shape index (κ3) is 5.80. The van der Waals surface area contributed by atoms with Crippen molar-refractivity contribution in [3.8, 4) is 0 Å². The number of ether oxygens (including phenoxy) is 1. The van der Waals surface area contributed by atoms with E-state index in [-0.39, 0.29) is 11.8 Å². The molecule has 1 aliphatic rings. The van der Waals surface area contributed by atoms with Crippen LogP contribution in [-0.2, 0) is 22.6 Å². The van der Waals surface area contributed by atoms with Crippen LogP contribution in [0, 0.1) is 5.92 Å². The average molecular weight is 405 g/mol. The molecule has 28 heavy (non-hydrogen) atoms. The summed E-state index contributed by atoms with van der Waals surface area (Å²) in [7, 11) is 0. The summed E-state index contributed by atoms with van der Waals surface area (Å²) >= 11 is 6.11. The minimum atomic E-state index is -0.0407. The molecule has 0 aliphatic carbocycles. The summed E-state index contributed by atoms with van der Waals surface area (Å²) in [5, 5.41) is 0.723. The highest BCUT2D eigenvalue weighted by molar-refractivity contribution is 6.30. The second-order valence-electron chi connectivity index (χ2n) is 7.47. The number of imidazole rings is 1. The number of aromatic nitrogens is 2. The van der Waals surface area contributed by atoms with Gasteiger partial charge in [0.05, 0.1) is 19.8 Å². The molecule has 1 aliphatic heterocycles. The molecule has 3 rings (SSSR count). The smallest absolute Gasteiger partial charge is 0.225 e. The zero-order chi connectivity index (χ0) is 19.9. The molecule has 0 atom stereocenters. The number of carbonyl (C=O) groups excluding carboxylic acids is 1. The molecule has 1 fully saturated rings. The van der Waals surface area contributed by atoms with Crippen LogP contribution in [0.1, 0.15) is 25.2 Å². The normalized spacial score (nSPS) is 15.1. The van der Waals surface area contributed by atoms with Gasteiger partial charge in [-0.25, -0.2) is 4.98 Å². The second kappa shape index (κ2) is 10.0. The molecule has 1 amide bonds. The van der Waals surface area contributed by atoms with Crippen molar-refractivity contribution in [2.75, 3.05) is 39.4 Å². The number of hydrogen-bond acceptors (Lipinski definition) is 4. The van der Waals surface area contributed by atoms with Gasteiger partial charge in [0.1, 0.15) is 5.82 Å². The molecule has 0 unspecified atom stereocenters. The number of rotatable bonds is 8. The highest BCUT2D eigenvalue weighted by atomic mass is 35.5. The Morgan fingerprint density at radius 1 is 1.32 bits per heavy atom. The van der Waals surface area contributed by atoms with E-state index in [0.29, 0.717) is 19.6 Å². The number of nitrogens with zero attached hydrogens (tertiary/aromatic N) is 4. The summed E-state index contributed by atoms with van der Waals surface area (Å²) in [6.07, 6.45) is 3.75. The Morgan fingerprint density at radius 3 is 2.82 bits per heavy atom. The summed E-state index contributed by atoms with van der Waals surface area (Å²) < 4.78 is 7.50. The first kappa shape index (κ1) is 20.8. The van der Waals surface area contributed by atoms with Crippen molar-refractivity contribution in [2.45, 2.75) is 26.9 Å². The molecule has 2 aromatic rings. The van der Waals surface area contributed by atoms with Gasteiger partial charge in [0.25, 0.3) is 0 Å². The summed E-state index contributed by atoms with van der Waals surface area (Å²) in [6.45, 7) is 10.0. The van der Waals surface area contributed by atoms with Gasteiger partial charge >= 0.3 is 0 Å². The van der Waals surface area contributed by atoms with Gasteiger partial charge in [0, 0.05) is 56.1 Å². The zero-order valence-electron chi connectivity index (χ0n) is 16.7. The van der Waals surface area contributed by atoms with E-state index >= 15 is 0 Å². The molecule has 0 bridgehead atoms. The second-order valence-corrected chi connectivity index (χ2v) is 7.91. The van der Waals surface area contributed by atoms with Gasteiger partial charge in [0.2, 0.25) is 5.91 Å². The molecule has 7 heteroatoms. The van der Waals surface area contributed by atoms with Crippen molar-refractivity contribution in [3.05, 3.63) is 53.1 Å². The molecule has 0 N–H and O–H groups in total. The van der Waals surface area contributed by atoms with Gasteiger partial charge in [-0.15, -0.1) is 0 Å². The first-order valence-electron chi connectivity index (χ1n) is 9.86. The lowest BCUT2D eigenvalue weighted by molar-refractivity contribution is -0.135. The van der Waals surface area contributed by atoms with Crippen LogP contribution in [0.5, 0.6) is 0 Å². The lowest BCUT2D eigenvalue weighted by atomic mass is 10.2. The molecule has 0 spiro atoms. The Balaban J connectivity index is 1.68. The van der Waals surface area contributed by atoms with Crippen LogP contribution in [0.2, 0.25) is 5.02 Å². The van der Waals surface area contributed by atoms with Crippen LogP contribution in [0.4, 0.5) is 0 Å². The monoisotopic (exact) mass is 404 g/mol. The Morgan fingerprint density at radius 2 is 2.11 bits per heavy atom. The van der Waals surface area contributed by atoms with Crippen LogP contribution in [0.25, 0.3) is 0 Å². The largest absolute Gasteiger partial charge is 0.379 e. The number of amides is 1. The summed E-state index contributed by atoms with van der Waals surface area (Å²) in [5.41, 5.74) is 1.11. The Labute approximate surface area is 172 Å². The predicted octanol–water partition coefficient (Wildman–Crippen LogP) is 2.90. The summed E-state index contributed by atoms with van der Waals surface area (Å²) in [5.74, 6) is 1.00. The molecule has 152 valence electrons. The molecule has 1 saturated heterocycles. The van der Waals surface area contributed by atoms with Gasteiger partial charge in [-0.05, 0) is 17.7 Å². The maximum atomic E-state index is 12.8. The maximum absolute atomic E-state index is 12.8. The first-order valence-corrected chi connectivity index (χ1v) is 10.2. The van der Waals surface area contributed by atoms with E-state index in [2.05, 4.69) is 14.5 Å². The average Bonchev–Trinajstić information content (AvgIpc) is 3.12. The van der Waals surface area contributed by atoms with Crippen molar-refractivity contribution in [2.24, 2.45) is 5.92 Å². The minimum absolute atomic E-state index is 0.0407. The van der Waals surface area contributed by atoms with Gasteiger partial charge in [-0.2, -0.15) is 0 Å². The standard InChI is InChI=1S/C21H29ClN4O2/c1-17(2)21(27)26(9-8-24-10-12-28-13-11-24)16-20-23-6-7-25(20)15-18-4-3-5-19(22)14-18/h3-7,14,17H,8-13,15-16H2,1-2H3. The van der Waals surface area contributed by atoms with Gasteiger partial charge in [-0.3, -0.25) is 9.69 Å². The number of benzene rings is 1. The van der Waals surface area contributed by atoms with E-state index in [1.54, 1.807) is 6.20 Å². The maximum Gasteiger partial charge on any atom is 0.225 e. The molecule has 2 heterocycles. The number of hydrogen-bond donors (Lipinski definition) is 0. The van der Waals surface area contributed by atoms with Crippen LogP contribution in [-0.4, -0.2) is 64.7 Å². The lowest BCUT2D eigenvalue weighted by Gasteiger charge is -2.30. The Bertz CT molecular complexity index is 771. The van der Waals surface area contributed by atoms with Gasteiger partial charge in [-0.1, -0.05) is 37.6 Å². The topological polar surface area (TPSA) is 50.6 Å². The van der Waals surface area contributed by atoms with Crippen molar-refractivity contribution < 1.29 is 9.53 Å². The molecule has 1 aromatic heterocycles. The summed E-state index contributed by atoms with van der Waals surface area (Å²) in [6, 6.07) is 7.83. The van der Waals surface area contributed by atoms with E-state index in [1.807, 2.05) is 49.2 Å². The fourth-order valence-electron chi connectivity index (χ4n) is 3.36. The SMILES string of the molecule is CC(C)C(=O)N(CCN1CCOCC1)Cc1nccn1Cc1cccc(Cl)c1. The van der Waals surface area contributed by atoms with E-state index in [9.17, 15) is 4.79 Å². The van der Waals surface area contributed by atoms with Crippen LogP contribution in [0.15, 0.2) is 36.7 Å². The van der Waals surface area contributed by atoms with E-state index in [0.717, 1.165) is 49.3 Å². The van der Waals surface area contributed by atoms with Crippen LogP contribution in [0.3, 0.4) is 0 Å². The number of halogens is 1. The van der Waals surface area contributed by atoms with Crippen molar-refractivity contribution >= 4 is 17.5 Å². The molecular weight excluding hydrogens is 376 g/mol. The van der Waals surface area contributed by atoms with Gasteiger partial charge < -0.3 is 14.2 Å². The fraction of sp³-hybridized carbons (Fsp3) is 0.524. The van der Waals surface area contributed by atoms with Crippen LogP contribution < -0.4 is 0 Å². The Hall–Kier alpha value is -1.89. The zero-order valence-corrected chi connectivity index (χ0v) is 17.4. The van der Waals surface area contributed by atoms with E-state index in [1.165, 1.54) is 0 Å². The Kier molecular flexibility index (Phi) is 7.48. The summed E-state index contributed by atoms with van der Waals surface area (Å²) in [4.78, 5) is 21.6. The van der Waals surface area contributed by atoms with Gasteiger partial charge in [0.15, 0.2) is 0 Å². The molecule has 1 aromatic carbocycles. The van der Waals surface area contributed by atoms with Crippen molar-refractivity contribution in [1.29, 1.82) is 0 Å². The van der Waals surface area contributed by atoms with E-state index < -0.39 is 0 Å². The molecule has 6 nitrogen and oxygen atoms in total. The van der Waals surface area contributed by atoms with Crippen LogP contribution >= 0.6 is 11.6 Å². The number of carbonyl (C=O) groups is 1. The van der Waals surface area contributed by atoms with Crippen molar-refractivity contribution in [1.82, 2.24) is 19.4 Å². The van der Waals surface area contributed by atoms with E-state index in [4.69, 9.17) is 16.3 Å². The lowest BCUT2D eigenvalue weighted by Crippen LogP contribution is -2.44. The highest BCUT2D eigenvalue weighted by Crippen LogP contribution is 2.14. The first-order chi connectivity index (χ1) is 13.5. The third-order valence-corrected chi connectivity index (χ3v) is 5.21. The third-order valence-electron chi connectivity index (χ3n) is 4.97. The minimum Gasteiger partial charge on any atom is -0.379 e. The highest BCUT2D eigenvalue weighted by Gasteiger charge is 2.21. The molecular formula is C21H29ClN4O2. The molecule has 0 saturated carbocycles. The van der Waals surface area contributed by atoms with Crippen molar-refractivity contribution in [3.63, 3.8) is 0 Å². The predicted molar refractivity (Wildman–Crippen MR) is 110 cm³/mol. The molecule has 0 radical (unpaired) electrons. The quantitative estimate of drug-likeness (QED) is 0.678. The fourth-order valence-corrected chi connectivity index (χ4v) is 3.57.